The first-order valence-electron chi connectivity index (χ1n) is 12.5. The number of benzene rings is 2. The second kappa shape index (κ2) is 8.02. The van der Waals surface area contributed by atoms with E-state index in [4.69, 9.17) is 5.73 Å². The molecule has 0 radical (unpaired) electrons. The Balaban J connectivity index is 1.62. The minimum absolute atomic E-state index is 0.207. The first kappa shape index (κ1) is 22.2. The van der Waals surface area contributed by atoms with E-state index in [1.54, 1.807) is 0 Å². The third-order valence-electron chi connectivity index (χ3n) is 8.14. The lowest BCUT2D eigenvalue weighted by Gasteiger charge is -2.33. The highest BCUT2D eigenvalue weighted by atomic mass is 16.2. The third kappa shape index (κ3) is 3.59. The topological polar surface area (TPSA) is 62.1 Å². The van der Waals surface area contributed by atoms with Gasteiger partial charge in [0.1, 0.15) is 0 Å². The van der Waals surface area contributed by atoms with Gasteiger partial charge in [-0.3, -0.25) is 4.79 Å². The number of nitrogens with two attached hydrogens (primary N) is 1. The predicted molar refractivity (Wildman–Crippen MR) is 137 cm³/mol. The summed E-state index contributed by atoms with van der Waals surface area (Å²) in [6, 6.07) is 14.1. The zero-order valence-electron chi connectivity index (χ0n) is 20.7. The van der Waals surface area contributed by atoms with Crippen LogP contribution in [0.3, 0.4) is 0 Å². The molecule has 3 aromatic rings. The van der Waals surface area contributed by atoms with E-state index in [2.05, 4.69) is 80.9 Å². The van der Waals surface area contributed by atoms with Gasteiger partial charge >= 0.3 is 0 Å². The molecule has 2 aromatic carbocycles. The van der Waals surface area contributed by atoms with Crippen molar-refractivity contribution in [2.24, 2.45) is 5.73 Å². The Bertz CT molecular complexity index is 1180. The van der Waals surface area contributed by atoms with Gasteiger partial charge in [-0.2, -0.15) is 0 Å². The Kier molecular flexibility index (Phi) is 5.40. The third-order valence-corrected chi connectivity index (χ3v) is 8.14. The minimum atomic E-state index is -0.556. The first-order chi connectivity index (χ1) is 15.7. The number of H-pyrrole nitrogens is 1. The summed E-state index contributed by atoms with van der Waals surface area (Å²) >= 11 is 0. The lowest BCUT2D eigenvalue weighted by Crippen LogP contribution is -2.45. The van der Waals surface area contributed by atoms with E-state index < -0.39 is 5.41 Å². The summed E-state index contributed by atoms with van der Waals surface area (Å²) in [5.41, 5.74) is 13.9. The van der Waals surface area contributed by atoms with Gasteiger partial charge in [-0.05, 0) is 107 Å². The summed E-state index contributed by atoms with van der Waals surface area (Å²) in [5, 5.41) is 1.19. The molecule has 2 aliphatic heterocycles. The van der Waals surface area contributed by atoms with Crippen molar-refractivity contribution in [3.63, 3.8) is 0 Å². The number of aromatic amines is 1. The van der Waals surface area contributed by atoms with Crippen LogP contribution in [0, 0.1) is 13.8 Å². The zero-order chi connectivity index (χ0) is 23.5. The SMILES string of the molecule is Cc1cc(C)cc(-c2[nH]c3ccc(C(C)(C)C(=O)N4C5CCC4CC5)cc3c2C(C)CN)c1. The van der Waals surface area contributed by atoms with Gasteiger partial charge in [0.25, 0.3) is 0 Å². The van der Waals surface area contributed by atoms with Crippen LogP contribution >= 0.6 is 0 Å². The predicted octanol–water partition coefficient (Wildman–Crippen LogP) is 5.94. The van der Waals surface area contributed by atoms with E-state index >= 15 is 0 Å². The molecule has 1 unspecified atom stereocenters. The molecule has 1 amide bonds. The van der Waals surface area contributed by atoms with Crippen molar-refractivity contribution in [1.29, 1.82) is 0 Å². The molecular formula is C29H37N3O. The average molecular weight is 444 g/mol. The van der Waals surface area contributed by atoms with Gasteiger partial charge in [0.05, 0.1) is 11.1 Å². The molecule has 33 heavy (non-hydrogen) atoms. The molecule has 4 heteroatoms. The van der Waals surface area contributed by atoms with Crippen molar-refractivity contribution in [2.45, 2.75) is 83.7 Å². The van der Waals surface area contributed by atoms with E-state index in [0.29, 0.717) is 18.6 Å². The van der Waals surface area contributed by atoms with Gasteiger partial charge < -0.3 is 15.6 Å². The highest BCUT2D eigenvalue weighted by Crippen LogP contribution is 2.42. The van der Waals surface area contributed by atoms with Crippen LogP contribution in [0.2, 0.25) is 0 Å². The molecule has 3 N–H and O–H groups in total. The summed E-state index contributed by atoms with van der Waals surface area (Å²) < 4.78 is 0. The van der Waals surface area contributed by atoms with Gasteiger partial charge in [0.2, 0.25) is 5.91 Å². The molecule has 2 saturated heterocycles. The van der Waals surface area contributed by atoms with E-state index in [9.17, 15) is 4.79 Å². The van der Waals surface area contributed by atoms with Crippen molar-refractivity contribution >= 4 is 16.8 Å². The number of nitrogens with one attached hydrogen (secondary N) is 1. The molecule has 5 rings (SSSR count). The maximum absolute atomic E-state index is 13.7. The molecule has 0 spiro atoms. The van der Waals surface area contributed by atoms with Crippen LogP contribution in [-0.2, 0) is 10.2 Å². The Morgan fingerprint density at radius 3 is 2.24 bits per heavy atom. The Labute approximate surface area is 197 Å². The van der Waals surface area contributed by atoms with Crippen LogP contribution in [-0.4, -0.2) is 34.4 Å². The zero-order valence-corrected chi connectivity index (χ0v) is 20.7. The molecule has 3 heterocycles. The summed E-state index contributed by atoms with van der Waals surface area (Å²) in [7, 11) is 0. The number of hydrogen-bond acceptors (Lipinski definition) is 2. The van der Waals surface area contributed by atoms with Crippen molar-refractivity contribution in [2.75, 3.05) is 6.54 Å². The Morgan fingerprint density at radius 1 is 1.06 bits per heavy atom. The van der Waals surface area contributed by atoms with Gasteiger partial charge in [-0.1, -0.05) is 30.2 Å². The monoisotopic (exact) mass is 443 g/mol. The number of aromatic nitrogens is 1. The second-order valence-corrected chi connectivity index (χ2v) is 11.0. The molecule has 1 aromatic heterocycles. The number of carbonyl (C=O) groups excluding carboxylic acids is 1. The van der Waals surface area contributed by atoms with Gasteiger partial charge in [-0.15, -0.1) is 0 Å². The van der Waals surface area contributed by atoms with Crippen LogP contribution in [0.4, 0.5) is 0 Å². The molecule has 2 bridgehead atoms. The number of carbonyl (C=O) groups is 1. The largest absolute Gasteiger partial charge is 0.354 e. The van der Waals surface area contributed by atoms with Crippen molar-refractivity contribution in [3.05, 3.63) is 58.7 Å². The summed E-state index contributed by atoms with van der Waals surface area (Å²) in [5.74, 6) is 0.489. The number of fused-ring (bicyclic) bond motifs is 3. The molecule has 1 atom stereocenters. The Hall–Kier alpha value is -2.59. The van der Waals surface area contributed by atoms with Crippen molar-refractivity contribution in [3.8, 4) is 11.3 Å². The molecule has 2 aliphatic rings. The van der Waals surface area contributed by atoms with Crippen LogP contribution in [0.5, 0.6) is 0 Å². The Morgan fingerprint density at radius 2 is 1.67 bits per heavy atom. The summed E-state index contributed by atoms with van der Waals surface area (Å²) in [6.07, 6.45) is 4.67. The smallest absolute Gasteiger partial charge is 0.233 e. The van der Waals surface area contributed by atoms with Crippen LogP contribution in [0.1, 0.15) is 74.6 Å². The molecule has 0 saturated carbocycles. The van der Waals surface area contributed by atoms with Crippen LogP contribution in [0.15, 0.2) is 36.4 Å². The highest BCUT2D eigenvalue weighted by Gasteiger charge is 2.46. The van der Waals surface area contributed by atoms with Gasteiger partial charge in [-0.25, -0.2) is 0 Å². The maximum Gasteiger partial charge on any atom is 0.233 e. The van der Waals surface area contributed by atoms with Crippen LogP contribution in [0.25, 0.3) is 22.2 Å². The lowest BCUT2D eigenvalue weighted by molar-refractivity contribution is -0.137. The van der Waals surface area contributed by atoms with Crippen molar-refractivity contribution in [1.82, 2.24) is 9.88 Å². The average Bonchev–Trinajstić information content (AvgIpc) is 3.49. The first-order valence-corrected chi connectivity index (χ1v) is 12.5. The lowest BCUT2D eigenvalue weighted by atomic mass is 9.81. The quantitative estimate of drug-likeness (QED) is 0.512. The van der Waals surface area contributed by atoms with E-state index in [1.807, 2.05) is 0 Å². The fourth-order valence-corrected chi connectivity index (χ4v) is 6.27. The molecular weight excluding hydrogens is 406 g/mol. The van der Waals surface area contributed by atoms with Gasteiger partial charge in [0.15, 0.2) is 0 Å². The van der Waals surface area contributed by atoms with Crippen LogP contribution < -0.4 is 5.73 Å². The highest BCUT2D eigenvalue weighted by molar-refractivity contribution is 5.95. The second-order valence-electron chi connectivity index (χ2n) is 11.0. The fraction of sp³-hybridized carbons (Fsp3) is 0.483. The van der Waals surface area contributed by atoms with E-state index in [-0.39, 0.29) is 11.8 Å². The minimum Gasteiger partial charge on any atom is -0.354 e. The maximum atomic E-state index is 13.7. The molecule has 4 nitrogen and oxygen atoms in total. The normalized spacial score (nSPS) is 21.2. The van der Waals surface area contributed by atoms with E-state index in [0.717, 1.165) is 16.8 Å². The molecule has 174 valence electrons. The van der Waals surface area contributed by atoms with Gasteiger partial charge in [0, 0.05) is 23.0 Å². The summed E-state index contributed by atoms with van der Waals surface area (Å²) in [4.78, 5) is 19.6. The fourth-order valence-electron chi connectivity index (χ4n) is 6.27. The van der Waals surface area contributed by atoms with Crippen molar-refractivity contribution < 1.29 is 4.79 Å². The molecule has 2 fully saturated rings. The molecule has 0 aliphatic carbocycles. The number of nitrogens with zero attached hydrogens (tertiary/aromatic N) is 1. The number of aryl methyl sites for hydroxylation is 2. The number of rotatable bonds is 5. The van der Waals surface area contributed by atoms with E-state index in [1.165, 1.54) is 53.3 Å². The standard InChI is InChI=1S/C29H37N3O/c1-17-12-18(2)14-20(13-17)27-26(19(3)16-30)24-15-21(6-11-25(24)31-27)29(4,5)28(33)32-22-7-8-23(32)10-9-22/h6,11-15,19,22-23,31H,7-10,16,30H2,1-5H3. The number of amides is 1. The summed E-state index contributed by atoms with van der Waals surface area (Å²) in [6.45, 7) is 11.2. The number of hydrogen-bond donors (Lipinski definition) is 2.